The minimum atomic E-state index is -3.76. The monoisotopic (exact) mass is 288 g/mol. The second-order valence-corrected chi connectivity index (χ2v) is 5.58. The minimum absolute atomic E-state index is 0.0195. The third-order valence-corrected chi connectivity index (χ3v) is 3.89. The summed E-state index contributed by atoms with van der Waals surface area (Å²) in [5.74, 6) is -1.20. The van der Waals surface area contributed by atoms with Gasteiger partial charge in [0.25, 0.3) is 0 Å². The van der Waals surface area contributed by atoms with Crippen LogP contribution in [0.3, 0.4) is 0 Å². The number of carboxylic acid groups (broad SMARTS) is 1. The SMILES string of the molecule is CNS(=O)(=O)c1cc(C(=O)O)ccc1NCCCO. The van der Waals surface area contributed by atoms with E-state index in [2.05, 4.69) is 10.0 Å². The molecule has 0 aliphatic carbocycles. The fourth-order valence-electron chi connectivity index (χ4n) is 1.44. The van der Waals surface area contributed by atoms with Gasteiger partial charge in [0.1, 0.15) is 4.90 Å². The second kappa shape index (κ2) is 6.50. The number of rotatable bonds is 7. The third-order valence-electron chi connectivity index (χ3n) is 2.44. The van der Waals surface area contributed by atoms with Crippen LogP contribution >= 0.6 is 0 Å². The number of sulfonamides is 1. The number of carbonyl (C=O) groups is 1. The summed E-state index contributed by atoms with van der Waals surface area (Å²) in [6.07, 6.45) is 0.458. The lowest BCUT2D eigenvalue weighted by Crippen LogP contribution is -2.21. The molecule has 0 bridgehead atoms. The number of benzene rings is 1. The van der Waals surface area contributed by atoms with Crippen LogP contribution in [0, 0.1) is 0 Å². The Morgan fingerprint density at radius 1 is 1.37 bits per heavy atom. The Morgan fingerprint density at radius 2 is 2.05 bits per heavy atom. The molecule has 8 heteroatoms. The van der Waals surface area contributed by atoms with Gasteiger partial charge in [-0.2, -0.15) is 0 Å². The van der Waals surface area contributed by atoms with E-state index in [4.69, 9.17) is 10.2 Å². The van der Waals surface area contributed by atoms with Crippen LogP contribution in [0.15, 0.2) is 23.1 Å². The summed E-state index contributed by atoms with van der Waals surface area (Å²) in [7, 11) is -2.51. The highest BCUT2D eigenvalue weighted by molar-refractivity contribution is 7.89. The van der Waals surface area contributed by atoms with Crippen LogP contribution in [0.25, 0.3) is 0 Å². The number of aromatic carboxylic acids is 1. The van der Waals surface area contributed by atoms with Crippen molar-refractivity contribution in [3.05, 3.63) is 23.8 Å². The molecule has 106 valence electrons. The van der Waals surface area contributed by atoms with Crippen molar-refractivity contribution in [1.29, 1.82) is 0 Å². The molecule has 7 nitrogen and oxygen atoms in total. The number of aliphatic hydroxyl groups is 1. The summed E-state index contributed by atoms with van der Waals surface area (Å²) in [5.41, 5.74) is 0.189. The Morgan fingerprint density at radius 3 is 2.58 bits per heavy atom. The Hall–Kier alpha value is -1.64. The smallest absolute Gasteiger partial charge is 0.335 e. The lowest BCUT2D eigenvalue weighted by molar-refractivity contribution is 0.0696. The number of carboxylic acids is 1. The van der Waals surface area contributed by atoms with Crippen LogP contribution in [0.2, 0.25) is 0 Å². The Balaban J connectivity index is 3.19. The Kier molecular flexibility index (Phi) is 5.28. The Labute approximate surface area is 111 Å². The maximum Gasteiger partial charge on any atom is 0.335 e. The van der Waals surface area contributed by atoms with Gasteiger partial charge in [-0.15, -0.1) is 0 Å². The molecule has 1 rings (SSSR count). The molecule has 1 aromatic carbocycles. The predicted octanol–water partition coefficient (Wildman–Crippen LogP) is 0.0872. The molecule has 0 saturated carbocycles. The van der Waals surface area contributed by atoms with Crippen molar-refractivity contribution < 1.29 is 23.4 Å². The summed E-state index contributed by atoms with van der Waals surface area (Å²) < 4.78 is 25.8. The highest BCUT2D eigenvalue weighted by Crippen LogP contribution is 2.22. The zero-order valence-corrected chi connectivity index (χ0v) is 11.2. The zero-order chi connectivity index (χ0) is 14.5. The van der Waals surface area contributed by atoms with Crippen molar-refractivity contribution in [3.8, 4) is 0 Å². The zero-order valence-electron chi connectivity index (χ0n) is 10.4. The molecule has 0 aliphatic rings. The first-order valence-corrected chi connectivity index (χ1v) is 7.06. The molecular formula is C11H16N2O5S. The Bertz CT molecular complexity index is 556. The van der Waals surface area contributed by atoms with E-state index < -0.39 is 16.0 Å². The van der Waals surface area contributed by atoms with Crippen molar-refractivity contribution in [1.82, 2.24) is 4.72 Å². The average molecular weight is 288 g/mol. The van der Waals surface area contributed by atoms with Gasteiger partial charge in [-0.05, 0) is 31.7 Å². The molecule has 4 N–H and O–H groups in total. The van der Waals surface area contributed by atoms with Gasteiger partial charge < -0.3 is 15.5 Å². The number of hydrogen-bond acceptors (Lipinski definition) is 5. The van der Waals surface area contributed by atoms with Gasteiger partial charge in [-0.25, -0.2) is 17.9 Å². The fourth-order valence-corrected chi connectivity index (χ4v) is 2.37. The molecule has 0 aromatic heterocycles. The van der Waals surface area contributed by atoms with E-state index in [1.165, 1.54) is 19.2 Å². The summed E-state index contributed by atoms with van der Waals surface area (Å²) >= 11 is 0. The second-order valence-electron chi connectivity index (χ2n) is 3.73. The van der Waals surface area contributed by atoms with Crippen molar-refractivity contribution >= 4 is 21.7 Å². The number of hydrogen-bond donors (Lipinski definition) is 4. The van der Waals surface area contributed by atoms with Gasteiger partial charge in [-0.1, -0.05) is 0 Å². The van der Waals surface area contributed by atoms with Gasteiger partial charge in [0.05, 0.1) is 11.3 Å². The first kappa shape index (κ1) is 15.4. The van der Waals surface area contributed by atoms with Crippen molar-refractivity contribution in [2.75, 3.05) is 25.5 Å². The van der Waals surface area contributed by atoms with E-state index >= 15 is 0 Å². The van der Waals surface area contributed by atoms with Gasteiger partial charge >= 0.3 is 5.97 Å². The number of nitrogens with one attached hydrogen (secondary N) is 2. The standard InChI is InChI=1S/C11H16N2O5S/c1-12-19(17,18)10-7-8(11(15)16)3-4-9(10)13-5-2-6-14/h3-4,7,12-14H,2,5-6H2,1H3,(H,15,16). The quantitative estimate of drug-likeness (QED) is 0.528. The van der Waals surface area contributed by atoms with E-state index in [9.17, 15) is 13.2 Å². The number of aliphatic hydroxyl groups excluding tert-OH is 1. The molecule has 0 spiro atoms. The molecule has 0 unspecified atom stereocenters. The molecule has 0 aliphatic heterocycles. The van der Waals surface area contributed by atoms with Gasteiger partial charge in [0.15, 0.2) is 0 Å². The van der Waals surface area contributed by atoms with E-state index in [0.717, 1.165) is 6.07 Å². The molecule has 0 fully saturated rings. The lowest BCUT2D eigenvalue weighted by Gasteiger charge is -2.12. The molecule has 0 saturated heterocycles. The van der Waals surface area contributed by atoms with Crippen molar-refractivity contribution in [3.63, 3.8) is 0 Å². The number of anilines is 1. The molecular weight excluding hydrogens is 272 g/mol. The van der Waals surface area contributed by atoms with Crippen molar-refractivity contribution in [2.24, 2.45) is 0 Å². The fraction of sp³-hybridized carbons (Fsp3) is 0.364. The minimum Gasteiger partial charge on any atom is -0.478 e. The molecule has 0 radical (unpaired) electrons. The van der Waals surface area contributed by atoms with Crippen molar-refractivity contribution in [2.45, 2.75) is 11.3 Å². The van der Waals surface area contributed by atoms with E-state index in [1.807, 2.05) is 0 Å². The first-order valence-electron chi connectivity index (χ1n) is 5.58. The summed E-state index contributed by atoms with van der Waals surface area (Å²) in [6.45, 7) is 0.365. The molecule has 0 amide bonds. The van der Waals surface area contributed by atoms with Gasteiger partial charge in [0, 0.05) is 13.2 Å². The van der Waals surface area contributed by atoms with Gasteiger partial charge in [-0.3, -0.25) is 0 Å². The summed E-state index contributed by atoms with van der Waals surface area (Å²) in [6, 6.07) is 3.80. The normalized spacial score (nSPS) is 11.3. The predicted molar refractivity (Wildman–Crippen MR) is 69.8 cm³/mol. The summed E-state index contributed by atoms with van der Waals surface area (Å²) in [5, 5.41) is 20.4. The summed E-state index contributed by atoms with van der Waals surface area (Å²) in [4.78, 5) is 10.7. The van der Waals surface area contributed by atoms with Gasteiger partial charge in [0.2, 0.25) is 10.0 Å². The topological polar surface area (TPSA) is 116 Å². The molecule has 0 atom stereocenters. The van der Waals surface area contributed by atoms with Crippen LogP contribution in [0.1, 0.15) is 16.8 Å². The molecule has 0 heterocycles. The van der Waals surface area contributed by atoms with Crippen LogP contribution in [0.5, 0.6) is 0 Å². The van der Waals surface area contributed by atoms with E-state index in [-0.39, 0.29) is 17.1 Å². The highest BCUT2D eigenvalue weighted by atomic mass is 32.2. The third kappa shape index (κ3) is 3.91. The van der Waals surface area contributed by atoms with Crippen LogP contribution in [0.4, 0.5) is 5.69 Å². The highest BCUT2D eigenvalue weighted by Gasteiger charge is 2.19. The van der Waals surface area contributed by atoms with E-state index in [0.29, 0.717) is 18.7 Å². The maximum atomic E-state index is 11.8. The average Bonchev–Trinajstić information content (AvgIpc) is 2.39. The van der Waals surface area contributed by atoms with Crippen LogP contribution < -0.4 is 10.0 Å². The van der Waals surface area contributed by atoms with Crippen LogP contribution in [-0.4, -0.2) is 44.8 Å². The molecule has 19 heavy (non-hydrogen) atoms. The lowest BCUT2D eigenvalue weighted by atomic mass is 10.2. The first-order chi connectivity index (χ1) is 8.92. The maximum absolute atomic E-state index is 11.8. The van der Waals surface area contributed by atoms with E-state index in [1.54, 1.807) is 0 Å². The van der Waals surface area contributed by atoms with Crippen LogP contribution in [-0.2, 0) is 10.0 Å². The molecule has 1 aromatic rings. The largest absolute Gasteiger partial charge is 0.478 e.